The van der Waals surface area contributed by atoms with E-state index in [1.165, 1.54) is 30.6 Å². The quantitative estimate of drug-likeness (QED) is 0.540. The number of aromatic nitrogens is 3. The number of rotatable bonds is 5. The summed E-state index contributed by atoms with van der Waals surface area (Å²) in [5, 5.41) is 5.20. The van der Waals surface area contributed by atoms with E-state index in [-0.39, 0.29) is 23.2 Å². The maximum Gasteiger partial charge on any atom is 0.434 e. The average molecular weight is 423 g/mol. The molecule has 0 unspecified atom stereocenters. The van der Waals surface area contributed by atoms with Crippen molar-refractivity contribution < 1.29 is 18.0 Å². The van der Waals surface area contributed by atoms with E-state index in [2.05, 4.69) is 25.6 Å². The molecule has 1 amide bonds. The minimum atomic E-state index is -4.87. The Labute approximate surface area is 168 Å². The maximum atomic E-state index is 13.5. The summed E-state index contributed by atoms with van der Waals surface area (Å²) in [6.07, 6.45) is -1.05. The number of nitrogen functional groups attached to an aromatic ring is 1. The molecule has 0 aliphatic heterocycles. The van der Waals surface area contributed by atoms with Crippen LogP contribution in [0.15, 0.2) is 48.9 Å². The highest BCUT2D eigenvalue weighted by Gasteiger charge is 2.38. The normalized spacial score (nSPS) is 11.2. The number of anilines is 3. The molecular weight excluding hydrogens is 409 g/mol. The maximum absolute atomic E-state index is 13.5. The van der Waals surface area contributed by atoms with Crippen molar-refractivity contribution in [3.05, 3.63) is 70.8 Å². The number of amides is 1. The first-order valence-electron chi connectivity index (χ1n) is 8.17. The Morgan fingerprint density at radius 1 is 1.17 bits per heavy atom. The molecule has 7 nitrogen and oxygen atoms in total. The summed E-state index contributed by atoms with van der Waals surface area (Å²) in [6.45, 7) is 0.0253. The van der Waals surface area contributed by atoms with Gasteiger partial charge in [-0.25, -0.2) is 9.97 Å². The van der Waals surface area contributed by atoms with Crippen molar-refractivity contribution in [1.82, 2.24) is 20.3 Å². The van der Waals surface area contributed by atoms with Crippen molar-refractivity contribution in [3.8, 4) is 0 Å². The van der Waals surface area contributed by atoms with Crippen LogP contribution in [0.1, 0.15) is 21.6 Å². The zero-order valence-electron chi connectivity index (χ0n) is 14.7. The van der Waals surface area contributed by atoms with E-state index < -0.39 is 23.3 Å². The number of alkyl halides is 3. The average Bonchev–Trinajstić information content (AvgIpc) is 2.69. The number of nitrogens with zero attached hydrogens (tertiary/aromatic N) is 3. The van der Waals surface area contributed by atoms with E-state index in [1.807, 2.05) is 0 Å². The molecule has 0 saturated carbocycles. The Morgan fingerprint density at radius 2 is 1.90 bits per heavy atom. The minimum Gasteiger partial charge on any atom is -0.399 e. The van der Waals surface area contributed by atoms with Gasteiger partial charge >= 0.3 is 6.18 Å². The number of carbonyl (C=O) groups is 1. The van der Waals surface area contributed by atoms with Gasteiger partial charge in [0.15, 0.2) is 5.69 Å². The van der Waals surface area contributed by atoms with Gasteiger partial charge in [0, 0.05) is 30.8 Å². The zero-order chi connectivity index (χ0) is 21.0. The van der Waals surface area contributed by atoms with Gasteiger partial charge in [-0.3, -0.25) is 9.78 Å². The number of hydrogen-bond donors (Lipinski definition) is 3. The van der Waals surface area contributed by atoms with E-state index in [1.54, 1.807) is 12.1 Å². The number of carbonyl (C=O) groups excluding carboxylic acids is 1. The lowest BCUT2D eigenvalue weighted by molar-refractivity contribution is -0.141. The van der Waals surface area contributed by atoms with E-state index in [0.29, 0.717) is 11.3 Å². The monoisotopic (exact) mass is 422 g/mol. The van der Waals surface area contributed by atoms with Crippen LogP contribution in [0.3, 0.4) is 0 Å². The molecule has 150 valence electrons. The smallest absolute Gasteiger partial charge is 0.399 e. The van der Waals surface area contributed by atoms with Gasteiger partial charge in [0.25, 0.3) is 5.91 Å². The summed E-state index contributed by atoms with van der Waals surface area (Å²) in [5.41, 5.74) is 4.83. The van der Waals surface area contributed by atoms with Gasteiger partial charge in [-0.2, -0.15) is 13.2 Å². The number of nitrogens with one attached hydrogen (secondary N) is 2. The molecular formula is C18H14ClF3N6O. The Morgan fingerprint density at radius 3 is 2.59 bits per heavy atom. The number of hydrogen-bond acceptors (Lipinski definition) is 6. The molecule has 2 aromatic heterocycles. The highest BCUT2D eigenvalue weighted by molar-refractivity contribution is 6.33. The summed E-state index contributed by atoms with van der Waals surface area (Å²) >= 11 is 5.99. The first kappa shape index (κ1) is 20.3. The van der Waals surface area contributed by atoms with Gasteiger partial charge in [0.05, 0.1) is 16.3 Å². The van der Waals surface area contributed by atoms with Crippen LogP contribution in [0.25, 0.3) is 0 Å². The van der Waals surface area contributed by atoms with E-state index in [0.717, 1.165) is 6.20 Å². The summed E-state index contributed by atoms with van der Waals surface area (Å²) in [4.78, 5) is 23.4. The molecule has 4 N–H and O–H groups in total. The molecule has 11 heteroatoms. The molecule has 0 radical (unpaired) electrons. The van der Waals surface area contributed by atoms with Crippen molar-refractivity contribution in [3.63, 3.8) is 0 Å². The number of benzene rings is 1. The first-order chi connectivity index (χ1) is 13.7. The SMILES string of the molecule is Nc1ccc(Cl)c(Nc2ncc(C(=O)NCc3ccncc3)c(C(F)(F)F)n2)c1. The predicted octanol–water partition coefficient (Wildman–Crippen LogP) is 3.80. The molecule has 0 spiro atoms. The highest BCUT2D eigenvalue weighted by Crippen LogP contribution is 2.32. The Kier molecular flexibility index (Phi) is 5.83. The van der Waals surface area contributed by atoms with E-state index >= 15 is 0 Å². The molecule has 0 aliphatic carbocycles. The van der Waals surface area contributed by atoms with Gasteiger partial charge in [-0.15, -0.1) is 0 Å². The molecule has 3 aromatic rings. The third-order valence-corrected chi connectivity index (χ3v) is 4.07. The molecule has 0 saturated heterocycles. The summed E-state index contributed by atoms with van der Waals surface area (Å²) in [7, 11) is 0. The fourth-order valence-corrected chi connectivity index (χ4v) is 2.53. The molecule has 0 fully saturated rings. The second-order valence-corrected chi connectivity index (χ2v) is 6.26. The zero-order valence-corrected chi connectivity index (χ0v) is 15.4. The van der Waals surface area contributed by atoms with Gasteiger partial charge in [0.1, 0.15) is 0 Å². The van der Waals surface area contributed by atoms with Crippen molar-refractivity contribution in [2.45, 2.75) is 12.7 Å². The van der Waals surface area contributed by atoms with Crippen LogP contribution in [-0.2, 0) is 12.7 Å². The Balaban J connectivity index is 1.86. The third kappa shape index (κ3) is 5.11. The van der Waals surface area contributed by atoms with Crippen LogP contribution >= 0.6 is 11.6 Å². The van der Waals surface area contributed by atoms with Crippen molar-refractivity contribution in [2.75, 3.05) is 11.1 Å². The van der Waals surface area contributed by atoms with Crippen LogP contribution in [0, 0.1) is 0 Å². The largest absolute Gasteiger partial charge is 0.434 e. The molecule has 3 rings (SSSR count). The van der Waals surface area contributed by atoms with Gasteiger partial charge in [-0.05, 0) is 35.9 Å². The van der Waals surface area contributed by atoms with Crippen LogP contribution in [-0.4, -0.2) is 20.9 Å². The van der Waals surface area contributed by atoms with Crippen LogP contribution in [0.2, 0.25) is 5.02 Å². The molecule has 2 heterocycles. The van der Waals surface area contributed by atoms with Crippen LogP contribution < -0.4 is 16.4 Å². The van der Waals surface area contributed by atoms with Crippen molar-refractivity contribution in [1.29, 1.82) is 0 Å². The highest BCUT2D eigenvalue weighted by atomic mass is 35.5. The lowest BCUT2D eigenvalue weighted by Crippen LogP contribution is -2.27. The topological polar surface area (TPSA) is 106 Å². The lowest BCUT2D eigenvalue weighted by Gasteiger charge is -2.14. The molecule has 1 aromatic carbocycles. The van der Waals surface area contributed by atoms with Crippen molar-refractivity contribution in [2.24, 2.45) is 0 Å². The standard InChI is InChI=1S/C18H14ClF3N6O/c19-13-2-1-11(23)7-14(13)27-17-26-9-12(15(28-17)18(20,21)22)16(29)25-8-10-3-5-24-6-4-10/h1-7,9H,8,23H2,(H,25,29)(H,26,27,28). The van der Waals surface area contributed by atoms with Gasteiger partial charge < -0.3 is 16.4 Å². The summed E-state index contributed by atoms with van der Waals surface area (Å²) in [6, 6.07) is 7.69. The fraction of sp³-hybridized carbons (Fsp3) is 0.111. The molecule has 0 aliphatic rings. The number of halogens is 4. The minimum absolute atomic E-state index is 0.0253. The molecule has 0 bridgehead atoms. The Hall–Kier alpha value is -3.40. The van der Waals surface area contributed by atoms with Gasteiger partial charge in [0.2, 0.25) is 5.95 Å². The first-order valence-corrected chi connectivity index (χ1v) is 8.55. The number of nitrogens with two attached hydrogens (primary N) is 1. The van der Waals surface area contributed by atoms with E-state index in [4.69, 9.17) is 17.3 Å². The van der Waals surface area contributed by atoms with Gasteiger partial charge in [-0.1, -0.05) is 11.6 Å². The fourth-order valence-electron chi connectivity index (χ4n) is 2.36. The summed E-state index contributed by atoms with van der Waals surface area (Å²) < 4.78 is 40.4. The van der Waals surface area contributed by atoms with E-state index in [9.17, 15) is 18.0 Å². The second kappa shape index (κ2) is 8.31. The lowest BCUT2D eigenvalue weighted by atomic mass is 10.2. The predicted molar refractivity (Wildman–Crippen MR) is 102 cm³/mol. The van der Waals surface area contributed by atoms with Crippen LogP contribution in [0.5, 0.6) is 0 Å². The summed E-state index contributed by atoms with van der Waals surface area (Å²) in [5.74, 6) is -1.34. The van der Waals surface area contributed by atoms with Crippen molar-refractivity contribution >= 4 is 34.8 Å². The Bertz CT molecular complexity index is 1030. The molecule has 29 heavy (non-hydrogen) atoms. The van der Waals surface area contributed by atoms with Crippen LogP contribution in [0.4, 0.5) is 30.5 Å². The molecule has 0 atom stereocenters. The second-order valence-electron chi connectivity index (χ2n) is 5.86. The number of pyridine rings is 1. The third-order valence-electron chi connectivity index (χ3n) is 3.74.